The van der Waals surface area contributed by atoms with E-state index >= 15 is 0 Å². The number of hydrogen-bond donors (Lipinski definition) is 4. The summed E-state index contributed by atoms with van der Waals surface area (Å²) in [5.41, 5.74) is 8.24. The first-order valence-electron chi connectivity index (χ1n) is 9.48. The quantitative estimate of drug-likeness (QED) is 0.388. The minimum Gasteiger partial charge on any atom is -0.358 e. The van der Waals surface area contributed by atoms with E-state index in [4.69, 9.17) is 0 Å². The average Bonchev–Trinajstić information content (AvgIpc) is 3.13. The summed E-state index contributed by atoms with van der Waals surface area (Å²) in [6, 6.07) is 4.03. The fourth-order valence-corrected chi connectivity index (χ4v) is 5.45. The molecule has 2 atom stereocenters. The topological polar surface area (TPSA) is 97.3 Å². The maximum Gasteiger partial charge on any atom is 0.257 e. The number of fused-ring (bicyclic) bond motifs is 10. The van der Waals surface area contributed by atoms with Crippen LogP contribution in [-0.4, -0.2) is 19.9 Å². The first-order valence-corrected chi connectivity index (χ1v) is 9.48. The lowest BCUT2D eigenvalue weighted by Crippen LogP contribution is -2.25. The van der Waals surface area contributed by atoms with E-state index in [1.165, 1.54) is 11.4 Å². The zero-order chi connectivity index (χ0) is 18.4. The molecule has 0 saturated heterocycles. The van der Waals surface area contributed by atoms with E-state index in [1.54, 1.807) is 0 Å². The van der Waals surface area contributed by atoms with Crippen LogP contribution in [0.25, 0.3) is 21.8 Å². The molecule has 4 heterocycles. The van der Waals surface area contributed by atoms with Gasteiger partial charge in [0.2, 0.25) is 0 Å². The van der Waals surface area contributed by atoms with Crippen LogP contribution >= 0.6 is 0 Å². The van der Waals surface area contributed by atoms with Gasteiger partial charge in [-0.1, -0.05) is 0 Å². The largest absolute Gasteiger partial charge is 0.358 e. The van der Waals surface area contributed by atoms with Crippen molar-refractivity contribution in [3.05, 3.63) is 66.7 Å². The van der Waals surface area contributed by atoms with Gasteiger partial charge in [-0.2, -0.15) is 0 Å². The first kappa shape index (κ1) is 15.1. The van der Waals surface area contributed by atoms with Gasteiger partial charge in [-0.15, -0.1) is 0 Å². The number of pyridine rings is 2. The maximum absolute atomic E-state index is 12.6. The van der Waals surface area contributed by atoms with Crippen LogP contribution in [0.1, 0.15) is 52.2 Å². The highest BCUT2D eigenvalue weighted by molar-refractivity contribution is 5.87. The molecular formula is C21H20N4O2. The van der Waals surface area contributed by atoms with Crippen molar-refractivity contribution >= 4 is 21.8 Å². The van der Waals surface area contributed by atoms with Crippen LogP contribution in [-0.2, 0) is 12.8 Å². The smallest absolute Gasteiger partial charge is 0.257 e. The van der Waals surface area contributed by atoms with E-state index in [9.17, 15) is 9.59 Å². The fraction of sp³-hybridized carbons (Fsp3) is 0.333. The van der Waals surface area contributed by atoms with E-state index < -0.39 is 0 Å². The first-order chi connectivity index (χ1) is 13.0. The average molecular weight is 360 g/mol. The number of rotatable bonds is 0. The summed E-state index contributed by atoms with van der Waals surface area (Å²) in [4.78, 5) is 38.1. The Balaban J connectivity index is 1.60. The van der Waals surface area contributed by atoms with E-state index in [-0.39, 0.29) is 11.1 Å². The Labute approximate surface area is 154 Å². The molecule has 0 aromatic carbocycles. The lowest BCUT2D eigenvalue weighted by molar-refractivity contribution is 0.448. The zero-order valence-electron chi connectivity index (χ0n) is 15.2. The third-order valence-electron chi connectivity index (χ3n) is 6.41. The second-order valence-electron chi connectivity index (χ2n) is 8.21. The molecule has 27 heavy (non-hydrogen) atoms. The summed E-state index contributed by atoms with van der Waals surface area (Å²) in [5, 5.41) is 1.61. The van der Waals surface area contributed by atoms with Crippen LogP contribution in [0.2, 0.25) is 0 Å². The maximum atomic E-state index is 12.6. The van der Waals surface area contributed by atoms with Gasteiger partial charge < -0.3 is 19.9 Å². The van der Waals surface area contributed by atoms with Crippen LogP contribution in [0, 0.1) is 13.8 Å². The molecule has 4 N–H and O–H groups in total. The molecule has 0 fully saturated rings. The van der Waals surface area contributed by atoms with Gasteiger partial charge >= 0.3 is 0 Å². The molecule has 4 aromatic rings. The second kappa shape index (κ2) is 4.82. The van der Waals surface area contributed by atoms with E-state index in [1.807, 2.05) is 26.0 Å². The van der Waals surface area contributed by atoms with E-state index in [2.05, 4.69) is 19.9 Å². The molecule has 2 aliphatic carbocycles. The zero-order valence-corrected chi connectivity index (χ0v) is 15.2. The highest BCUT2D eigenvalue weighted by Gasteiger charge is 2.38. The summed E-state index contributed by atoms with van der Waals surface area (Å²) in [5.74, 6) is 0.635. The Hall–Kier alpha value is -3.02. The third kappa shape index (κ3) is 1.90. The minimum atomic E-state index is -0.00795. The van der Waals surface area contributed by atoms with Crippen molar-refractivity contribution in [1.29, 1.82) is 0 Å². The number of aryl methyl sites for hydroxylation is 2. The number of aromatic amines is 4. The van der Waals surface area contributed by atoms with Gasteiger partial charge in [-0.25, -0.2) is 0 Å². The SMILES string of the molecule is Cc1cc2[nH]c3c(c2c(=O)[nH]1)CC1CC3Cc2c1[nH]c1cc(C)[nH]c(=O)c21. The van der Waals surface area contributed by atoms with Crippen LogP contribution < -0.4 is 11.1 Å². The van der Waals surface area contributed by atoms with Crippen LogP contribution in [0.4, 0.5) is 0 Å². The van der Waals surface area contributed by atoms with Crippen LogP contribution in [0.5, 0.6) is 0 Å². The molecule has 2 unspecified atom stereocenters. The highest BCUT2D eigenvalue weighted by Crippen LogP contribution is 2.49. The Kier molecular flexibility index (Phi) is 2.69. The van der Waals surface area contributed by atoms with Gasteiger partial charge in [-0.3, -0.25) is 9.59 Å². The molecule has 2 aliphatic rings. The second-order valence-corrected chi connectivity index (χ2v) is 8.21. The summed E-state index contributed by atoms with van der Waals surface area (Å²) in [6.07, 6.45) is 2.71. The summed E-state index contributed by atoms with van der Waals surface area (Å²) in [7, 11) is 0. The van der Waals surface area contributed by atoms with Gasteiger partial charge in [0.15, 0.2) is 0 Å². The molecule has 0 aliphatic heterocycles. The van der Waals surface area contributed by atoms with E-state index in [0.29, 0.717) is 11.8 Å². The summed E-state index contributed by atoms with van der Waals surface area (Å²) < 4.78 is 0. The van der Waals surface area contributed by atoms with Gasteiger partial charge in [0.1, 0.15) is 0 Å². The molecular weight excluding hydrogens is 340 g/mol. The monoisotopic (exact) mass is 360 g/mol. The Bertz CT molecular complexity index is 1280. The molecule has 0 amide bonds. The van der Waals surface area contributed by atoms with Crippen molar-refractivity contribution in [2.45, 2.75) is 44.9 Å². The van der Waals surface area contributed by atoms with Crippen molar-refractivity contribution in [3.63, 3.8) is 0 Å². The van der Waals surface area contributed by atoms with Crippen molar-refractivity contribution < 1.29 is 0 Å². The van der Waals surface area contributed by atoms with Crippen molar-refractivity contribution in [2.24, 2.45) is 0 Å². The van der Waals surface area contributed by atoms with E-state index in [0.717, 1.165) is 63.6 Å². The molecule has 2 bridgehead atoms. The lowest BCUT2D eigenvalue weighted by atomic mass is 9.70. The van der Waals surface area contributed by atoms with Gasteiger partial charge in [0, 0.05) is 34.6 Å². The number of nitrogens with one attached hydrogen (secondary N) is 4. The molecule has 6 nitrogen and oxygen atoms in total. The third-order valence-corrected chi connectivity index (χ3v) is 6.41. The van der Waals surface area contributed by atoms with Crippen molar-refractivity contribution in [2.75, 3.05) is 0 Å². The van der Waals surface area contributed by atoms with Gasteiger partial charge in [0.05, 0.1) is 21.8 Å². The summed E-state index contributed by atoms with van der Waals surface area (Å²) >= 11 is 0. The molecule has 0 saturated carbocycles. The molecule has 136 valence electrons. The van der Waals surface area contributed by atoms with Crippen LogP contribution in [0.15, 0.2) is 21.7 Å². The minimum absolute atomic E-state index is 0.00795. The van der Waals surface area contributed by atoms with Gasteiger partial charge in [0.25, 0.3) is 11.1 Å². The molecule has 4 aromatic heterocycles. The number of hydrogen-bond acceptors (Lipinski definition) is 2. The number of H-pyrrole nitrogens is 4. The predicted molar refractivity (Wildman–Crippen MR) is 105 cm³/mol. The Morgan fingerprint density at radius 3 is 1.63 bits per heavy atom. The molecule has 6 heteroatoms. The normalized spacial score (nSPS) is 20.8. The van der Waals surface area contributed by atoms with Gasteiger partial charge in [-0.05, 0) is 56.4 Å². The lowest BCUT2D eigenvalue weighted by Gasteiger charge is -2.34. The molecule has 0 spiro atoms. The summed E-state index contributed by atoms with van der Waals surface area (Å²) in [6.45, 7) is 3.81. The fourth-order valence-electron chi connectivity index (χ4n) is 5.45. The Morgan fingerprint density at radius 1 is 0.741 bits per heavy atom. The number of aromatic nitrogens is 4. The highest BCUT2D eigenvalue weighted by atomic mass is 16.1. The molecule has 6 rings (SSSR count). The predicted octanol–water partition coefficient (Wildman–Crippen LogP) is 3.01. The molecule has 0 radical (unpaired) electrons. The van der Waals surface area contributed by atoms with Crippen LogP contribution in [0.3, 0.4) is 0 Å². The van der Waals surface area contributed by atoms with Crippen molar-refractivity contribution in [1.82, 2.24) is 19.9 Å². The van der Waals surface area contributed by atoms with Crippen molar-refractivity contribution in [3.8, 4) is 0 Å². The standard InChI is InChI=1S/C21H20N4O2/c1-8-3-14-16(20(26)22-8)12-6-11-5-10(18(12)24-14)7-13-17-15(25-19(11)13)4-9(2)23-21(17)27/h3-4,10-11,24-25H,5-7H2,1-2H3,(H,22,26)(H,23,27). The Morgan fingerprint density at radius 2 is 1.19 bits per heavy atom.